The van der Waals surface area contributed by atoms with Crippen molar-refractivity contribution in [3.05, 3.63) is 59.8 Å². The fourth-order valence-electron chi connectivity index (χ4n) is 1.56. The number of nitrogens with one attached hydrogen (secondary N) is 1. The van der Waals surface area contributed by atoms with Gasteiger partial charge in [-0.2, -0.15) is 0 Å². The summed E-state index contributed by atoms with van der Waals surface area (Å²) >= 11 is 0. The zero-order valence-corrected chi connectivity index (χ0v) is 9.11. The van der Waals surface area contributed by atoms with E-state index in [-0.39, 0.29) is 11.9 Å². The van der Waals surface area contributed by atoms with E-state index in [0.29, 0.717) is 6.54 Å². The molecule has 0 bridgehead atoms. The second-order valence-corrected chi connectivity index (χ2v) is 3.79. The van der Waals surface area contributed by atoms with Gasteiger partial charge < -0.3 is 9.73 Å². The lowest BCUT2D eigenvalue weighted by Gasteiger charge is -2.13. The lowest BCUT2D eigenvalue weighted by atomic mass is 10.1. The first-order chi connectivity index (χ1) is 7.75. The third-order valence-electron chi connectivity index (χ3n) is 2.54. The van der Waals surface area contributed by atoms with Crippen molar-refractivity contribution in [1.29, 1.82) is 0 Å². The summed E-state index contributed by atoms with van der Waals surface area (Å²) in [4.78, 5) is 0. The highest BCUT2D eigenvalue weighted by Crippen LogP contribution is 2.14. The SMILES string of the molecule is C[C@H](NCc1ccoc1)c1cccc(F)c1. The number of hydrogen-bond acceptors (Lipinski definition) is 2. The zero-order chi connectivity index (χ0) is 11.4. The van der Waals surface area contributed by atoms with E-state index in [4.69, 9.17) is 4.42 Å². The first-order valence-electron chi connectivity index (χ1n) is 5.25. The Kier molecular flexibility index (Phi) is 3.37. The van der Waals surface area contributed by atoms with Crippen LogP contribution in [-0.4, -0.2) is 0 Å². The summed E-state index contributed by atoms with van der Waals surface area (Å²) in [6.07, 6.45) is 3.34. The Morgan fingerprint density at radius 2 is 2.25 bits per heavy atom. The zero-order valence-electron chi connectivity index (χ0n) is 9.11. The largest absolute Gasteiger partial charge is 0.472 e. The Balaban J connectivity index is 1.95. The van der Waals surface area contributed by atoms with Gasteiger partial charge in [-0.25, -0.2) is 4.39 Å². The molecule has 84 valence electrons. The predicted octanol–water partition coefficient (Wildman–Crippen LogP) is 3.27. The molecule has 0 aliphatic rings. The van der Waals surface area contributed by atoms with Gasteiger partial charge in [-0.1, -0.05) is 12.1 Å². The molecule has 2 nitrogen and oxygen atoms in total. The van der Waals surface area contributed by atoms with Crippen LogP contribution >= 0.6 is 0 Å². The molecule has 0 fully saturated rings. The molecule has 0 aliphatic heterocycles. The summed E-state index contributed by atoms with van der Waals surface area (Å²) < 4.78 is 18.0. The minimum absolute atomic E-state index is 0.116. The van der Waals surface area contributed by atoms with Gasteiger partial charge >= 0.3 is 0 Å². The molecule has 2 aromatic rings. The van der Waals surface area contributed by atoms with Gasteiger partial charge in [0.15, 0.2) is 0 Å². The van der Waals surface area contributed by atoms with Gasteiger partial charge in [-0.05, 0) is 30.7 Å². The normalized spacial score (nSPS) is 12.6. The summed E-state index contributed by atoms with van der Waals surface area (Å²) in [7, 11) is 0. The number of halogens is 1. The van der Waals surface area contributed by atoms with Gasteiger partial charge in [0.05, 0.1) is 12.5 Å². The van der Waals surface area contributed by atoms with E-state index in [9.17, 15) is 4.39 Å². The fraction of sp³-hybridized carbons (Fsp3) is 0.231. The number of hydrogen-bond donors (Lipinski definition) is 1. The van der Waals surface area contributed by atoms with E-state index in [0.717, 1.165) is 11.1 Å². The molecular formula is C13H14FNO. The molecule has 1 atom stereocenters. The van der Waals surface area contributed by atoms with Crippen molar-refractivity contribution in [2.24, 2.45) is 0 Å². The number of rotatable bonds is 4. The lowest BCUT2D eigenvalue weighted by Crippen LogP contribution is -2.17. The Hall–Kier alpha value is -1.61. The van der Waals surface area contributed by atoms with Crippen LogP contribution in [0.3, 0.4) is 0 Å². The molecule has 1 aromatic carbocycles. The van der Waals surface area contributed by atoms with Crippen molar-refractivity contribution in [1.82, 2.24) is 5.32 Å². The average Bonchev–Trinajstić information content (AvgIpc) is 2.78. The van der Waals surface area contributed by atoms with Crippen LogP contribution in [0.15, 0.2) is 47.3 Å². The molecule has 1 heterocycles. The second-order valence-electron chi connectivity index (χ2n) is 3.79. The summed E-state index contributed by atoms with van der Waals surface area (Å²) in [5, 5.41) is 3.30. The second kappa shape index (κ2) is 4.94. The number of benzene rings is 1. The maximum Gasteiger partial charge on any atom is 0.123 e. The highest BCUT2D eigenvalue weighted by Gasteiger charge is 2.05. The van der Waals surface area contributed by atoms with E-state index < -0.39 is 0 Å². The van der Waals surface area contributed by atoms with Crippen LogP contribution in [0.4, 0.5) is 4.39 Å². The van der Waals surface area contributed by atoms with Crippen molar-refractivity contribution < 1.29 is 8.81 Å². The van der Waals surface area contributed by atoms with Gasteiger partial charge in [-0.3, -0.25) is 0 Å². The van der Waals surface area contributed by atoms with Gasteiger partial charge in [0.1, 0.15) is 5.82 Å². The molecule has 2 rings (SSSR count). The third-order valence-corrected chi connectivity index (χ3v) is 2.54. The van der Waals surface area contributed by atoms with Gasteiger partial charge in [0, 0.05) is 18.2 Å². The third kappa shape index (κ3) is 2.70. The quantitative estimate of drug-likeness (QED) is 0.853. The van der Waals surface area contributed by atoms with Gasteiger partial charge in [0.25, 0.3) is 0 Å². The maximum absolute atomic E-state index is 13.0. The van der Waals surface area contributed by atoms with Gasteiger partial charge in [-0.15, -0.1) is 0 Å². The van der Waals surface area contributed by atoms with Crippen molar-refractivity contribution in [3.63, 3.8) is 0 Å². The Bertz CT molecular complexity index is 439. The standard InChI is InChI=1S/C13H14FNO/c1-10(12-3-2-4-13(14)7-12)15-8-11-5-6-16-9-11/h2-7,9-10,15H,8H2,1H3/t10-/m0/s1. The smallest absolute Gasteiger partial charge is 0.123 e. The van der Waals surface area contributed by atoms with Crippen LogP contribution < -0.4 is 5.32 Å². The van der Waals surface area contributed by atoms with Gasteiger partial charge in [0.2, 0.25) is 0 Å². The fourth-order valence-corrected chi connectivity index (χ4v) is 1.56. The summed E-state index contributed by atoms with van der Waals surface area (Å²) in [5.74, 6) is -0.200. The van der Waals surface area contributed by atoms with E-state index in [2.05, 4.69) is 5.32 Å². The Morgan fingerprint density at radius 3 is 2.94 bits per heavy atom. The van der Waals surface area contributed by atoms with Crippen LogP contribution in [-0.2, 0) is 6.54 Å². The van der Waals surface area contributed by atoms with Crippen LogP contribution in [0.25, 0.3) is 0 Å². The minimum Gasteiger partial charge on any atom is -0.472 e. The van der Waals surface area contributed by atoms with Crippen LogP contribution in [0.2, 0.25) is 0 Å². The minimum atomic E-state index is -0.200. The van der Waals surface area contributed by atoms with E-state index in [1.54, 1.807) is 24.7 Å². The van der Waals surface area contributed by atoms with Crippen LogP contribution in [0, 0.1) is 5.82 Å². The molecular weight excluding hydrogens is 205 g/mol. The monoisotopic (exact) mass is 219 g/mol. The number of furan rings is 1. The van der Waals surface area contributed by atoms with Crippen molar-refractivity contribution >= 4 is 0 Å². The summed E-state index contributed by atoms with van der Waals surface area (Å²) in [6.45, 7) is 2.73. The molecule has 0 saturated heterocycles. The topological polar surface area (TPSA) is 25.2 Å². The molecule has 1 N–H and O–H groups in total. The first kappa shape index (κ1) is 10.9. The molecule has 0 spiro atoms. The molecule has 0 aliphatic carbocycles. The Morgan fingerprint density at radius 1 is 1.38 bits per heavy atom. The van der Waals surface area contributed by atoms with Crippen molar-refractivity contribution in [2.75, 3.05) is 0 Å². The first-order valence-corrected chi connectivity index (χ1v) is 5.25. The summed E-state index contributed by atoms with van der Waals surface area (Å²) in [5.41, 5.74) is 2.03. The van der Waals surface area contributed by atoms with Crippen molar-refractivity contribution in [2.45, 2.75) is 19.5 Å². The maximum atomic E-state index is 13.0. The Labute approximate surface area is 94.1 Å². The van der Waals surface area contributed by atoms with Crippen LogP contribution in [0.5, 0.6) is 0 Å². The van der Waals surface area contributed by atoms with E-state index in [1.807, 2.05) is 19.1 Å². The molecule has 16 heavy (non-hydrogen) atoms. The van der Waals surface area contributed by atoms with E-state index in [1.165, 1.54) is 6.07 Å². The predicted molar refractivity (Wildman–Crippen MR) is 60.4 cm³/mol. The highest BCUT2D eigenvalue weighted by atomic mass is 19.1. The summed E-state index contributed by atoms with van der Waals surface area (Å²) in [6, 6.07) is 8.66. The molecule has 1 aromatic heterocycles. The molecule has 0 amide bonds. The van der Waals surface area contributed by atoms with Crippen LogP contribution in [0.1, 0.15) is 24.1 Å². The molecule has 0 radical (unpaired) electrons. The molecule has 0 unspecified atom stereocenters. The molecule has 0 saturated carbocycles. The highest BCUT2D eigenvalue weighted by molar-refractivity contribution is 5.19. The van der Waals surface area contributed by atoms with Crippen molar-refractivity contribution in [3.8, 4) is 0 Å². The molecule has 3 heteroatoms. The lowest BCUT2D eigenvalue weighted by molar-refractivity contribution is 0.544. The average molecular weight is 219 g/mol. The van der Waals surface area contributed by atoms with E-state index >= 15 is 0 Å².